The first-order chi connectivity index (χ1) is 15.4. The van der Waals surface area contributed by atoms with Crippen molar-refractivity contribution >= 4 is 11.6 Å². The van der Waals surface area contributed by atoms with Crippen LogP contribution in [0.5, 0.6) is 0 Å². The quantitative estimate of drug-likeness (QED) is 0.362. The second-order valence-electron chi connectivity index (χ2n) is 13.0. The molecule has 34 heavy (non-hydrogen) atoms. The third-order valence-corrected chi connectivity index (χ3v) is 5.46. The van der Waals surface area contributed by atoms with Gasteiger partial charge in [-0.15, -0.1) is 11.6 Å². The minimum absolute atomic E-state index is 0.281. The Morgan fingerprint density at radius 2 is 0.647 bits per heavy atom. The van der Waals surface area contributed by atoms with E-state index in [2.05, 4.69) is 119 Å². The van der Waals surface area contributed by atoms with Crippen LogP contribution in [-0.2, 0) is 0 Å². The molecule has 0 amide bonds. The number of hydrogen-bond donors (Lipinski definition) is 0. The molecule has 1 heteroatoms. The highest BCUT2D eigenvalue weighted by molar-refractivity contribution is 6.15. The average Bonchev–Trinajstić information content (AvgIpc) is 2.74. The molecular formula is C33H67Cl. The number of benzene rings is 1. The van der Waals surface area contributed by atoms with Gasteiger partial charge in [0.05, 0.1) is 0 Å². The standard InChI is InChI=1S/C26H46.3C2H6.CH3Cl/c1-23(2,3)17-21(25(7,8)9)19-13-15-20(16-14-19)22(26(10,11)12)18-24(4,5)6;4*1-2/h13-16,21-22H,17-18H2,1-12H3;3*1-2H3;1H3. The molecule has 0 fully saturated rings. The molecular weight excluding hydrogens is 432 g/mol. The summed E-state index contributed by atoms with van der Waals surface area (Å²) in [5.41, 5.74) is 4.25. The van der Waals surface area contributed by atoms with Gasteiger partial charge in [-0.25, -0.2) is 0 Å². The Morgan fingerprint density at radius 3 is 0.765 bits per heavy atom. The zero-order valence-electron chi connectivity index (χ0n) is 27.3. The van der Waals surface area contributed by atoms with Crippen molar-refractivity contribution in [2.75, 3.05) is 6.38 Å². The molecule has 0 radical (unpaired) electrons. The highest BCUT2D eigenvalue weighted by atomic mass is 35.5. The molecule has 0 aliphatic heterocycles. The predicted molar refractivity (Wildman–Crippen MR) is 165 cm³/mol. The maximum atomic E-state index is 4.64. The van der Waals surface area contributed by atoms with Crippen LogP contribution in [0.15, 0.2) is 24.3 Å². The van der Waals surface area contributed by atoms with Gasteiger partial charge in [0.15, 0.2) is 0 Å². The van der Waals surface area contributed by atoms with Gasteiger partial charge in [-0.1, -0.05) is 149 Å². The van der Waals surface area contributed by atoms with Gasteiger partial charge in [0, 0.05) is 6.38 Å². The summed E-state index contributed by atoms with van der Waals surface area (Å²) in [6, 6.07) is 9.66. The van der Waals surface area contributed by atoms with Gasteiger partial charge >= 0.3 is 0 Å². The van der Waals surface area contributed by atoms with Crippen molar-refractivity contribution in [3.05, 3.63) is 35.4 Å². The highest BCUT2D eigenvalue weighted by Gasteiger charge is 2.32. The first kappa shape index (κ1) is 40.7. The third kappa shape index (κ3) is 18.8. The zero-order valence-corrected chi connectivity index (χ0v) is 28.0. The van der Waals surface area contributed by atoms with Gasteiger partial charge in [0.2, 0.25) is 0 Å². The van der Waals surface area contributed by atoms with Crippen molar-refractivity contribution < 1.29 is 0 Å². The van der Waals surface area contributed by atoms with Gasteiger partial charge in [-0.3, -0.25) is 0 Å². The lowest BCUT2D eigenvalue weighted by Crippen LogP contribution is -2.25. The van der Waals surface area contributed by atoms with Crippen LogP contribution in [0.2, 0.25) is 0 Å². The average molecular weight is 499 g/mol. The number of hydrogen-bond acceptors (Lipinski definition) is 0. The summed E-state index contributed by atoms with van der Waals surface area (Å²) < 4.78 is 0. The fourth-order valence-corrected chi connectivity index (χ4v) is 4.03. The Labute approximate surface area is 224 Å². The molecule has 1 rings (SSSR count). The molecule has 0 spiro atoms. The highest BCUT2D eigenvalue weighted by Crippen LogP contribution is 2.46. The van der Waals surface area contributed by atoms with Crippen LogP contribution < -0.4 is 0 Å². The number of rotatable bonds is 4. The van der Waals surface area contributed by atoms with Crippen molar-refractivity contribution in [2.45, 2.75) is 149 Å². The molecule has 0 aliphatic rings. The van der Waals surface area contributed by atoms with Crippen LogP contribution in [0.1, 0.15) is 160 Å². The van der Waals surface area contributed by atoms with Gasteiger partial charge in [0.25, 0.3) is 0 Å². The molecule has 0 aliphatic carbocycles. The second-order valence-corrected chi connectivity index (χ2v) is 13.0. The molecule has 2 unspecified atom stereocenters. The van der Waals surface area contributed by atoms with Crippen molar-refractivity contribution in [3.63, 3.8) is 0 Å². The van der Waals surface area contributed by atoms with E-state index in [0.29, 0.717) is 22.7 Å². The second kappa shape index (κ2) is 18.7. The maximum absolute atomic E-state index is 4.64. The SMILES string of the molecule is CC.CC.CC.CC(C)(C)CC(c1ccc(C(CC(C)(C)C)C(C)(C)C)cc1)C(C)(C)C.CCl. The monoisotopic (exact) mass is 498 g/mol. The summed E-state index contributed by atoms with van der Waals surface area (Å²) in [6.45, 7) is 40.5. The normalized spacial score (nSPS) is 13.3. The lowest BCUT2D eigenvalue weighted by atomic mass is 9.67. The first-order valence-corrected chi connectivity index (χ1v) is 14.6. The minimum Gasteiger partial charge on any atom is -0.130 e. The topological polar surface area (TPSA) is 0 Å². The summed E-state index contributed by atoms with van der Waals surface area (Å²) >= 11 is 4.64. The Kier molecular flexibility index (Phi) is 22.4. The summed E-state index contributed by atoms with van der Waals surface area (Å²) in [5.74, 6) is 1.18. The van der Waals surface area contributed by atoms with Crippen molar-refractivity contribution in [3.8, 4) is 0 Å². The molecule has 0 N–H and O–H groups in total. The van der Waals surface area contributed by atoms with Crippen molar-refractivity contribution in [1.29, 1.82) is 0 Å². The fourth-order valence-electron chi connectivity index (χ4n) is 4.03. The van der Waals surface area contributed by atoms with Crippen LogP contribution in [-0.4, -0.2) is 6.38 Å². The minimum atomic E-state index is 0.281. The molecule has 0 aromatic heterocycles. The Balaban J connectivity index is -0.000000506. The van der Waals surface area contributed by atoms with Crippen LogP contribution in [0.4, 0.5) is 0 Å². The Hall–Kier alpha value is -0.490. The van der Waals surface area contributed by atoms with Crippen LogP contribution >= 0.6 is 11.6 Å². The Bertz CT molecular complexity index is 500. The molecule has 0 saturated heterocycles. The van der Waals surface area contributed by atoms with Crippen LogP contribution in [0.25, 0.3) is 0 Å². The molecule has 0 heterocycles. The van der Waals surface area contributed by atoms with E-state index in [0.717, 1.165) is 0 Å². The van der Waals surface area contributed by atoms with Crippen molar-refractivity contribution in [1.82, 2.24) is 0 Å². The van der Waals surface area contributed by atoms with E-state index in [4.69, 9.17) is 0 Å². The lowest BCUT2D eigenvalue weighted by molar-refractivity contribution is 0.226. The van der Waals surface area contributed by atoms with E-state index >= 15 is 0 Å². The van der Waals surface area contributed by atoms with E-state index in [-0.39, 0.29) is 10.8 Å². The van der Waals surface area contributed by atoms with Gasteiger partial charge < -0.3 is 0 Å². The van der Waals surface area contributed by atoms with Gasteiger partial charge in [-0.05, 0) is 57.5 Å². The fraction of sp³-hybridized carbons (Fsp3) is 0.818. The molecule has 206 valence electrons. The molecule has 1 aromatic rings. The van der Waals surface area contributed by atoms with Gasteiger partial charge in [0.1, 0.15) is 0 Å². The van der Waals surface area contributed by atoms with E-state index < -0.39 is 0 Å². The first-order valence-electron chi connectivity index (χ1n) is 13.9. The molecule has 1 aromatic carbocycles. The van der Waals surface area contributed by atoms with Crippen LogP contribution in [0, 0.1) is 21.7 Å². The molecule has 2 atom stereocenters. The lowest BCUT2D eigenvalue weighted by Gasteiger charge is -2.38. The zero-order chi connectivity index (χ0) is 28.6. The summed E-state index contributed by atoms with van der Waals surface area (Å²) in [5, 5.41) is 0. The summed E-state index contributed by atoms with van der Waals surface area (Å²) in [6.07, 6.45) is 3.92. The van der Waals surface area contributed by atoms with Crippen LogP contribution in [0.3, 0.4) is 0 Å². The van der Waals surface area contributed by atoms with E-state index in [1.54, 1.807) is 0 Å². The summed E-state index contributed by atoms with van der Waals surface area (Å²) in [7, 11) is 0. The third-order valence-electron chi connectivity index (χ3n) is 5.46. The van der Waals surface area contributed by atoms with Gasteiger partial charge in [-0.2, -0.15) is 0 Å². The number of alkyl halides is 1. The van der Waals surface area contributed by atoms with Crippen molar-refractivity contribution in [2.24, 2.45) is 21.7 Å². The predicted octanol–water partition coefficient (Wildman–Crippen LogP) is 12.8. The maximum Gasteiger partial charge on any atom is 0.0108 e. The summed E-state index contributed by atoms with van der Waals surface area (Å²) in [4.78, 5) is 0. The smallest absolute Gasteiger partial charge is 0.0108 e. The molecule has 0 bridgehead atoms. The molecule has 0 nitrogen and oxygen atoms in total. The Morgan fingerprint density at radius 1 is 0.471 bits per heavy atom. The number of halogens is 1. The van der Waals surface area contributed by atoms with E-state index in [1.165, 1.54) is 30.4 Å². The van der Waals surface area contributed by atoms with E-state index in [1.807, 2.05) is 41.5 Å². The largest absolute Gasteiger partial charge is 0.130 e. The molecule has 0 saturated carbocycles. The van der Waals surface area contributed by atoms with E-state index in [9.17, 15) is 0 Å².